The fourth-order valence-electron chi connectivity index (χ4n) is 2.95. The van der Waals surface area contributed by atoms with E-state index in [4.69, 9.17) is 11.6 Å². The molecule has 1 amide bonds. The quantitative estimate of drug-likeness (QED) is 0.510. The van der Waals surface area contributed by atoms with E-state index in [0.717, 1.165) is 15.2 Å². The number of nitrogens with zero attached hydrogens (tertiary/aromatic N) is 4. The number of aromatic nitrogens is 3. The van der Waals surface area contributed by atoms with Gasteiger partial charge in [-0.1, -0.05) is 23.7 Å². The summed E-state index contributed by atoms with van der Waals surface area (Å²) < 4.78 is 2.39. The summed E-state index contributed by atoms with van der Waals surface area (Å²) in [6.45, 7) is 1.83. The second kappa shape index (κ2) is 7.33. The smallest absolute Gasteiger partial charge is 0.261 e. The molecule has 142 valence electrons. The van der Waals surface area contributed by atoms with Crippen molar-refractivity contribution in [2.75, 3.05) is 7.05 Å². The van der Waals surface area contributed by atoms with E-state index in [1.807, 2.05) is 31.2 Å². The summed E-state index contributed by atoms with van der Waals surface area (Å²) in [5, 5.41) is 1.70. The minimum absolute atomic E-state index is 0.0972. The van der Waals surface area contributed by atoms with Gasteiger partial charge in [0.25, 0.3) is 5.56 Å². The Morgan fingerprint density at radius 2 is 2.04 bits per heavy atom. The first-order chi connectivity index (χ1) is 13.4. The van der Waals surface area contributed by atoms with Crippen LogP contribution in [-0.4, -0.2) is 32.4 Å². The van der Waals surface area contributed by atoms with Gasteiger partial charge < -0.3 is 4.90 Å². The van der Waals surface area contributed by atoms with E-state index in [2.05, 4.69) is 9.97 Å². The van der Waals surface area contributed by atoms with Gasteiger partial charge in [-0.25, -0.2) is 9.97 Å². The number of hydrogen-bond acceptors (Lipinski definition) is 5. The minimum Gasteiger partial charge on any atom is -0.335 e. The first kappa shape index (κ1) is 18.6. The van der Waals surface area contributed by atoms with E-state index >= 15 is 0 Å². The van der Waals surface area contributed by atoms with E-state index in [0.29, 0.717) is 15.9 Å². The molecule has 0 fully saturated rings. The zero-order valence-electron chi connectivity index (χ0n) is 15.3. The van der Waals surface area contributed by atoms with Gasteiger partial charge in [0.15, 0.2) is 0 Å². The highest BCUT2D eigenvalue weighted by atomic mass is 35.5. The molecule has 28 heavy (non-hydrogen) atoms. The number of fused-ring (bicyclic) bond motifs is 2. The van der Waals surface area contributed by atoms with Crippen LogP contribution in [0.2, 0.25) is 5.02 Å². The molecule has 2 heterocycles. The molecular formula is C20H17ClN4O2S. The van der Waals surface area contributed by atoms with Gasteiger partial charge in [0.1, 0.15) is 11.6 Å². The molecule has 8 heteroatoms. The maximum atomic E-state index is 12.8. The number of carbonyl (C=O) groups is 1. The lowest BCUT2D eigenvalue weighted by atomic mass is 10.2. The Kier molecular flexibility index (Phi) is 4.87. The average Bonchev–Trinajstić information content (AvgIpc) is 3.13. The Balaban J connectivity index is 1.58. The van der Waals surface area contributed by atoms with Gasteiger partial charge >= 0.3 is 0 Å². The Labute approximate surface area is 170 Å². The highest BCUT2D eigenvalue weighted by Crippen LogP contribution is 2.28. The SMILES string of the molecule is C[C@H](c1nc2ccccc2s1)N(C)C(=O)Cn1cnc2ccc(Cl)cc2c1=O. The first-order valence-corrected chi connectivity index (χ1v) is 9.89. The molecule has 0 aliphatic rings. The molecule has 0 aliphatic carbocycles. The first-order valence-electron chi connectivity index (χ1n) is 8.70. The molecule has 0 radical (unpaired) electrons. The van der Waals surface area contributed by atoms with Crippen molar-refractivity contribution in [3.8, 4) is 0 Å². The summed E-state index contributed by atoms with van der Waals surface area (Å²) in [7, 11) is 1.72. The van der Waals surface area contributed by atoms with Gasteiger partial charge in [0, 0.05) is 12.1 Å². The molecule has 0 spiro atoms. The standard InChI is InChI=1S/C20H17ClN4O2S/c1-12(19-23-16-5-3-4-6-17(16)28-19)24(2)18(26)10-25-11-22-15-8-7-13(21)9-14(15)20(25)27/h3-9,11-12H,10H2,1-2H3/t12-/m1/s1. The third kappa shape index (κ3) is 3.39. The Hall–Kier alpha value is -2.77. The van der Waals surface area contributed by atoms with Gasteiger partial charge in [-0.2, -0.15) is 0 Å². The predicted octanol–water partition coefficient (Wildman–Crippen LogP) is 3.88. The number of likely N-dealkylation sites (N-methyl/N-ethyl adjacent to an activating group) is 1. The molecule has 0 N–H and O–H groups in total. The summed E-state index contributed by atoms with van der Waals surface area (Å²) in [5.74, 6) is -0.197. The number of halogens is 1. The van der Waals surface area contributed by atoms with Gasteiger partial charge in [0.2, 0.25) is 5.91 Å². The van der Waals surface area contributed by atoms with Crippen molar-refractivity contribution in [1.29, 1.82) is 0 Å². The molecule has 0 saturated heterocycles. The normalized spacial score (nSPS) is 12.4. The Bertz CT molecular complexity index is 1220. The predicted molar refractivity (Wildman–Crippen MR) is 112 cm³/mol. The van der Waals surface area contributed by atoms with E-state index in [1.54, 1.807) is 41.5 Å². The lowest BCUT2D eigenvalue weighted by molar-refractivity contribution is -0.132. The molecular weight excluding hydrogens is 396 g/mol. The second-order valence-corrected chi connectivity index (χ2v) is 8.04. The van der Waals surface area contributed by atoms with E-state index in [1.165, 1.54) is 10.9 Å². The molecule has 2 aromatic carbocycles. The molecule has 4 rings (SSSR count). The van der Waals surface area contributed by atoms with E-state index < -0.39 is 0 Å². The van der Waals surface area contributed by atoms with Crippen LogP contribution in [-0.2, 0) is 11.3 Å². The molecule has 0 unspecified atom stereocenters. The summed E-state index contributed by atoms with van der Waals surface area (Å²) in [6, 6.07) is 12.6. The minimum atomic E-state index is -0.290. The van der Waals surface area contributed by atoms with Gasteiger partial charge in [-0.3, -0.25) is 14.2 Å². The number of amides is 1. The van der Waals surface area contributed by atoms with E-state index in [9.17, 15) is 9.59 Å². The van der Waals surface area contributed by atoms with Crippen LogP contribution in [0, 0.1) is 0 Å². The topological polar surface area (TPSA) is 68.1 Å². The van der Waals surface area contributed by atoms with Gasteiger partial charge in [0.05, 0.1) is 33.5 Å². The van der Waals surface area contributed by atoms with Crippen molar-refractivity contribution in [3.05, 3.63) is 69.2 Å². The third-order valence-corrected chi connectivity index (χ3v) is 6.18. The fraction of sp³-hybridized carbons (Fsp3) is 0.200. The van der Waals surface area contributed by atoms with Crippen LogP contribution in [0.15, 0.2) is 53.6 Å². The third-order valence-electron chi connectivity index (χ3n) is 4.73. The fourth-order valence-corrected chi connectivity index (χ4v) is 4.19. The highest BCUT2D eigenvalue weighted by molar-refractivity contribution is 7.18. The molecule has 2 aromatic heterocycles. The number of thiazole rings is 1. The maximum Gasteiger partial charge on any atom is 0.261 e. The lowest BCUT2D eigenvalue weighted by Crippen LogP contribution is -2.35. The average molecular weight is 413 g/mol. The van der Waals surface area contributed by atoms with Crippen molar-refractivity contribution in [2.24, 2.45) is 0 Å². The van der Waals surface area contributed by atoms with Crippen LogP contribution < -0.4 is 5.56 Å². The number of para-hydroxylation sites is 1. The Morgan fingerprint density at radius 1 is 1.25 bits per heavy atom. The number of benzene rings is 2. The van der Waals surface area contributed by atoms with Crippen LogP contribution in [0.25, 0.3) is 21.1 Å². The van der Waals surface area contributed by atoms with Crippen LogP contribution in [0.5, 0.6) is 0 Å². The number of rotatable bonds is 4. The molecule has 1 atom stereocenters. The van der Waals surface area contributed by atoms with Gasteiger partial charge in [-0.05, 0) is 37.3 Å². The monoisotopic (exact) mass is 412 g/mol. The van der Waals surface area contributed by atoms with Crippen LogP contribution in [0.4, 0.5) is 0 Å². The molecule has 6 nitrogen and oxygen atoms in total. The van der Waals surface area contributed by atoms with Crippen LogP contribution in [0.3, 0.4) is 0 Å². The molecule has 4 aromatic rings. The molecule has 0 aliphatic heterocycles. The van der Waals surface area contributed by atoms with Crippen molar-refractivity contribution in [2.45, 2.75) is 19.5 Å². The summed E-state index contributed by atoms with van der Waals surface area (Å²) in [5.41, 5.74) is 1.18. The number of hydrogen-bond donors (Lipinski definition) is 0. The van der Waals surface area contributed by atoms with E-state index in [-0.39, 0.29) is 24.1 Å². The van der Waals surface area contributed by atoms with Crippen molar-refractivity contribution >= 4 is 50.0 Å². The zero-order chi connectivity index (χ0) is 19.8. The van der Waals surface area contributed by atoms with Crippen LogP contribution in [0.1, 0.15) is 18.0 Å². The summed E-state index contributed by atoms with van der Waals surface area (Å²) >= 11 is 7.55. The largest absolute Gasteiger partial charge is 0.335 e. The zero-order valence-corrected chi connectivity index (χ0v) is 16.9. The van der Waals surface area contributed by atoms with Crippen molar-refractivity contribution < 1.29 is 4.79 Å². The maximum absolute atomic E-state index is 12.8. The van der Waals surface area contributed by atoms with Gasteiger partial charge in [-0.15, -0.1) is 11.3 Å². The summed E-state index contributed by atoms with van der Waals surface area (Å²) in [4.78, 5) is 35.9. The molecule has 0 saturated carbocycles. The van der Waals surface area contributed by atoms with Crippen LogP contribution >= 0.6 is 22.9 Å². The number of carbonyl (C=O) groups excluding carboxylic acids is 1. The molecule has 0 bridgehead atoms. The second-order valence-electron chi connectivity index (χ2n) is 6.54. The van der Waals surface area contributed by atoms with Crippen molar-refractivity contribution in [1.82, 2.24) is 19.4 Å². The lowest BCUT2D eigenvalue weighted by Gasteiger charge is -2.23. The highest BCUT2D eigenvalue weighted by Gasteiger charge is 2.21. The summed E-state index contributed by atoms with van der Waals surface area (Å²) in [6.07, 6.45) is 1.40. The van der Waals surface area contributed by atoms with Crippen molar-refractivity contribution in [3.63, 3.8) is 0 Å². The Morgan fingerprint density at radius 3 is 2.82 bits per heavy atom.